The molecule has 10 heteroatoms. The van der Waals surface area contributed by atoms with Gasteiger partial charge in [0.15, 0.2) is 0 Å². The Morgan fingerprint density at radius 1 is 1.15 bits per heavy atom. The standard InChI is InChI=1S/C29H33N7O3/c1-3-30-17-27(38)36-12-9-20(10-13-36)19-4-6-22(7-5-19)33-29-28-21(8-11-32-25(28)18-37)14-23(35-29)24-15-31-16-26(34-24)39-2/h4-8,11,14-16,18,20,25,30,32H,3,9-10,12-13,17H2,1-2H3,(H,33,35). The van der Waals surface area contributed by atoms with Gasteiger partial charge in [-0.15, -0.1) is 0 Å². The van der Waals surface area contributed by atoms with E-state index in [9.17, 15) is 9.59 Å². The van der Waals surface area contributed by atoms with Gasteiger partial charge in [0.2, 0.25) is 11.8 Å². The summed E-state index contributed by atoms with van der Waals surface area (Å²) in [6.45, 7) is 4.75. The summed E-state index contributed by atoms with van der Waals surface area (Å²) < 4.78 is 5.23. The number of nitrogens with zero attached hydrogens (tertiary/aromatic N) is 4. The maximum absolute atomic E-state index is 12.3. The Balaban J connectivity index is 1.35. The van der Waals surface area contributed by atoms with Crippen LogP contribution in [-0.4, -0.2) is 65.3 Å². The van der Waals surface area contributed by atoms with Crippen molar-refractivity contribution in [1.82, 2.24) is 30.5 Å². The van der Waals surface area contributed by atoms with Crippen LogP contribution in [0.5, 0.6) is 5.88 Å². The van der Waals surface area contributed by atoms with Crippen molar-refractivity contribution in [3.05, 3.63) is 65.6 Å². The minimum atomic E-state index is -0.523. The molecule has 39 heavy (non-hydrogen) atoms. The van der Waals surface area contributed by atoms with Crippen LogP contribution in [0, 0.1) is 0 Å². The van der Waals surface area contributed by atoms with E-state index < -0.39 is 6.04 Å². The number of amides is 1. The molecule has 1 saturated heterocycles. The molecule has 3 aromatic rings. The molecule has 1 unspecified atom stereocenters. The van der Waals surface area contributed by atoms with E-state index in [-0.39, 0.29) is 5.91 Å². The first-order chi connectivity index (χ1) is 19.1. The quantitative estimate of drug-likeness (QED) is 0.359. The number of carbonyl (C=O) groups excluding carboxylic acids is 2. The minimum absolute atomic E-state index is 0.172. The van der Waals surface area contributed by atoms with Crippen LogP contribution in [0.25, 0.3) is 17.5 Å². The van der Waals surface area contributed by atoms with Crippen LogP contribution in [0.3, 0.4) is 0 Å². The van der Waals surface area contributed by atoms with E-state index in [1.54, 1.807) is 25.7 Å². The highest BCUT2D eigenvalue weighted by Gasteiger charge is 2.25. The molecular weight excluding hydrogens is 494 g/mol. The summed E-state index contributed by atoms with van der Waals surface area (Å²) in [4.78, 5) is 39.7. The van der Waals surface area contributed by atoms with E-state index in [0.717, 1.165) is 55.6 Å². The van der Waals surface area contributed by atoms with Crippen LogP contribution >= 0.6 is 0 Å². The van der Waals surface area contributed by atoms with Crippen molar-refractivity contribution in [2.75, 3.05) is 38.6 Å². The maximum atomic E-state index is 12.3. The average molecular weight is 528 g/mol. The van der Waals surface area contributed by atoms with Crippen molar-refractivity contribution in [2.24, 2.45) is 0 Å². The first-order valence-corrected chi connectivity index (χ1v) is 13.2. The van der Waals surface area contributed by atoms with Crippen molar-refractivity contribution >= 4 is 29.8 Å². The molecule has 0 bridgehead atoms. The number of aldehydes is 1. The van der Waals surface area contributed by atoms with Crippen LogP contribution in [0.1, 0.15) is 48.4 Å². The molecule has 10 nitrogen and oxygen atoms in total. The van der Waals surface area contributed by atoms with E-state index in [4.69, 9.17) is 9.72 Å². The zero-order valence-corrected chi connectivity index (χ0v) is 22.2. The van der Waals surface area contributed by atoms with Crippen molar-refractivity contribution in [2.45, 2.75) is 31.7 Å². The largest absolute Gasteiger partial charge is 0.480 e. The van der Waals surface area contributed by atoms with Crippen molar-refractivity contribution in [3.63, 3.8) is 0 Å². The van der Waals surface area contributed by atoms with Crippen molar-refractivity contribution < 1.29 is 14.3 Å². The number of fused-ring (bicyclic) bond motifs is 1. The van der Waals surface area contributed by atoms with Gasteiger partial charge in [-0.1, -0.05) is 19.1 Å². The summed E-state index contributed by atoms with van der Waals surface area (Å²) in [5, 5.41) is 9.63. The highest BCUT2D eigenvalue weighted by Crippen LogP contribution is 2.35. The molecule has 1 fully saturated rings. The SMILES string of the molecule is CCNCC(=O)N1CCC(c2ccc(Nc3nc(-c4cncc(OC)n4)cc4c3C(C=O)NC=C4)cc2)CC1. The number of carbonyl (C=O) groups is 2. The number of hydrogen-bond acceptors (Lipinski definition) is 9. The van der Waals surface area contributed by atoms with Crippen molar-refractivity contribution in [3.8, 4) is 17.3 Å². The molecule has 0 spiro atoms. The molecule has 1 atom stereocenters. The first kappa shape index (κ1) is 26.3. The third-order valence-electron chi connectivity index (χ3n) is 7.18. The Morgan fingerprint density at radius 3 is 2.67 bits per heavy atom. The number of nitrogens with one attached hydrogen (secondary N) is 3. The fourth-order valence-corrected chi connectivity index (χ4v) is 5.05. The molecule has 0 saturated carbocycles. The molecule has 2 aromatic heterocycles. The lowest BCUT2D eigenvalue weighted by Crippen LogP contribution is -2.42. The van der Waals surface area contributed by atoms with Crippen LogP contribution in [0.2, 0.25) is 0 Å². The zero-order chi connectivity index (χ0) is 27.2. The number of ether oxygens (including phenoxy) is 1. The van der Waals surface area contributed by atoms with Gasteiger partial charge in [-0.25, -0.2) is 9.97 Å². The van der Waals surface area contributed by atoms with Gasteiger partial charge in [-0.3, -0.25) is 9.78 Å². The van der Waals surface area contributed by atoms with E-state index >= 15 is 0 Å². The van der Waals surface area contributed by atoms with Gasteiger partial charge < -0.3 is 30.4 Å². The summed E-state index contributed by atoms with van der Waals surface area (Å²) in [6, 6.07) is 9.70. The second-order valence-electron chi connectivity index (χ2n) is 9.60. The Kier molecular flexibility index (Phi) is 8.12. The number of rotatable bonds is 9. The predicted molar refractivity (Wildman–Crippen MR) is 150 cm³/mol. The van der Waals surface area contributed by atoms with Gasteiger partial charge in [-0.05, 0) is 66.9 Å². The number of piperidine rings is 1. The topological polar surface area (TPSA) is 121 Å². The first-order valence-electron chi connectivity index (χ1n) is 13.2. The van der Waals surface area contributed by atoms with E-state index in [1.807, 2.05) is 36.1 Å². The van der Waals surface area contributed by atoms with Gasteiger partial charge in [0.1, 0.15) is 23.8 Å². The second-order valence-corrected chi connectivity index (χ2v) is 9.60. The number of benzene rings is 1. The second kappa shape index (κ2) is 12.0. The van der Waals surface area contributed by atoms with Crippen LogP contribution in [0.15, 0.2) is 48.9 Å². The Bertz CT molecular complexity index is 1350. The molecule has 2 aliphatic heterocycles. The summed E-state index contributed by atoms with van der Waals surface area (Å²) in [6.07, 6.45) is 9.62. The lowest BCUT2D eigenvalue weighted by molar-refractivity contribution is -0.131. The molecular formula is C29H33N7O3. The Morgan fingerprint density at radius 2 is 1.95 bits per heavy atom. The van der Waals surface area contributed by atoms with E-state index in [2.05, 4.69) is 38.1 Å². The van der Waals surface area contributed by atoms with Crippen LogP contribution < -0.4 is 20.7 Å². The van der Waals surface area contributed by atoms with Gasteiger partial charge in [0.25, 0.3) is 0 Å². The lowest BCUT2D eigenvalue weighted by Gasteiger charge is -2.32. The highest BCUT2D eigenvalue weighted by atomic mass is 16.5. The van der Waals surface area contributed by atoms with E-state index in [0.29, 0.717) is 35.5 Å². The molecule has 2 aliphatic rings. The number of likely N-dealkylation sites (N-methyl/N-ethyl adjacent to an activating group) is 1. The van der Waals surface area contributed by atoms with Gasteiger partial charge in [0, 0.05) is 24.3 Å². The van der Waals surface area contributed by atoms with Crippen LogP contribution in [-0.2, 0) is 9.59 Å². The molecule has 202 valence electrons. The summed E-state index contributed by atoms with van der Waals surface area (Å²) in [7, 11) is 1.54. The molecule has 1 amide bonds. The summed E-state index contributed by atoms with van der Waals surface area (Å²) in [5.74, 6) is 1.55. The molecule has 5 rings (SSSR count). The maximum Gasteiger partial charge on any atom is 0.236 e. The number of pyridine rings is 1. The van der Waals surface area contributed by atoms with Gasteiger partial charge in [0.05, 0.1) is 31.7 Å². The third-order valence-corrected chi connectivity index (χ3v) is 7.18. The van der Waals surface area contributed by atoms with Gasteiger partial charge in [-0.2, -0.15) is 0 Å². The normalized spacial score (nSPS) is 16.8. The van der Waals surface area contributed by atoms with Crippen molar-refractivity contribution in [1.29, 1.82) is 0 Å². The molecule has 4 heterocycles. The smallest absolute Gasteiger partial charge is 0.236 e. The molecule has 3 N–H and O–H groups in total. The fourth-order valence-electron chi connectivity index (χ4n) is 5.05. The molecule has 1 aromatic carbocycles. The number of anilines is 2. The fraction of sp³-hybridized carbons (Fsp3) is 0.345. The monoisotopic (exact) mass is 527 g/mol. The van der Waals surface area contributed by atoms with Gasteiger partial charge >= 0.3 is 0 Å². The lowest BCUT2D eigenvalue weighted by atomic mass is 9.89. The van der Waals surface area contributed by atoms with Crippen LogP contribution in [0.4, 0.5) is 11.5 Å². The molecule has 0 aliphatic carbocycles. The summed E-state index contributed by atoms with van der Waals surface area (Å²) >= 11 is 0. The summed E-state index contributed by atoms with van der Waals surface area (Å²) in [5.41, 5.74) is 4.94. The average Bonchev–Trinajstić information content (AvgIpc) is 2.99. The number of aromatic nitrogens is 3. The highest BCUT2D eigenvalue weighted by molar-refractivity contribution is 5.80. The third kappa shape index (κ3) is 5.91. The number of hydrogen-bond donors (Lipinski definition) is 3. The molecule has 0 radical (unpaired) electrons. The Labute approximate surface area is 227 Å². The van der Waals surface area contributed by atoms with E-state index in [1.165, 1.54) is 5.56 Å². The number of methoxy groups -OCH3 is 1. The zero-order valence-electron chi connectivity index (χ0n) is 22.2. The number of likely N-dealkylation sites (tertiary alicyclic amines) is 1. The minimum Gasteiger partial charge on any atom is -0.480 e. The Hall–Kier alpha value is -4.31. The predicted octanol–water partition coefficient (Wildman–Crippen LogP) is 3.42.